The standard InChI is InChI=1S/C16H33NOSi/c1-7-16-10-8-12-17(16)14(9-11-16)13-18-19(5,6)15(2,3)4/h14H,7-13H2,1-6H3/t14-,16-/m0/s1. The minimum Gasteiger partial charge on any atom is -0.415 e. The number of nitrogens with zero attached hydrogens (tertiary/aromatic N) is 1. The fourth-order valence-corrected chi connectivity index (χ4v) is 4.68. The average Bonchev–Trinajstić information content (AvgIpc) is 2.83. The van der Waals surface area contributed by atoms with Crippen molar-refractivity contribution in [1.29, 1.82) is 0 Å². The van der Waals surface area contributed by atoms with E-state index in [-0.39, 0.29) is 0 Å². The van der Waals surface area contributed by atoms with Gasteiger partial charge in [-0.1, -0.05) is 27.7 Å². The van der Waals surface area contributed by atoms with Gasteiger partial charge in [-0.3, -0.25) is 4.90 Å². The van der Waals surface area contributed by atoms with E-state index in [1.54, 1.807) is 0 Å². The first-order valence-electron chi connectivity index (χ1n) is 8.13. The largest absolute Gasteiger partial charge is 0.415 e. The Labute approximate surface area is 121 Å². The van der Waals surface area contributed by atoms with Crippen LogP contribution in [0, 0.1) is 0 Å². The Kier molecular flexibility index (Phi) is 4.21. The Bertz CT molecular complexity index is 323. The molecule has 0 aromatic heterocycles. The number of hydrogen-bond acceptors (Lipinski definition) is 2. The first kappa shape index (κ1) is 15.5. The zero-order chi connectivity index (χ0) is 14.3. The first-order chi connectivity index (χ1) is 8.72. The van der Waals surface area contributed by atoms with Crippen LogP contribution in [-0.2, 0) is 4.43 Å². The maximum atomic E-state index is 6.47. The quantitative estimate of drug-likeness (QED) is 0.708. The van der Waals surface area contributed by atoms with E-state index in [0.29, 0.717) is 16.6 Å². The summed E-state index contributed by atoms with van der Waals surface area (Å²) in [7, 11) is -1.58. The molecule has 0 radical (unpaired) electrons. The lowest BCUT2D eigenvalue weighted by molar-refractivity contribution is 0.106. The van der Waals surface area contributed by atoms with E-state index in [1.165, 1.54) is 38.6 Å². The van der Waals surface area contributed by atoms with Crippen molar-refractivity contribution in [2.24, 2.45) is 0 Å². The number of rotatable bonds is 4. The van der Waals surface area contributed by atoms with Gasteiger partial charge in [0.05, 0.1) is 0 Å². The highest BCUT2D eigenvalue weighted by molar-refractivity contribution is 6.74. The third-order valence-electron chi connectivity index (χ3n) is 6.13. The molecule has 2 rings (SSSR count). The van der Waals surface area contributed by atoms with Gasteiger partial charge in [0.1, 0.15) is 0 Å². The molecule has 0 amide bonds. The summed E-state index contributed by atoms with van der Waals surface area (Å²) in [6.45, 7) is 16.4. The van der Waals surface area contributed by atoms with Gasteiger partial charge < -0.3 is 4.43 Å². The third kappa shape index (κ3) is 2.79. The second-order valence-electron chi connectivity index (χ2n) is 8.14. The Morgan fingerprint density at radius 3 is 2.53 bits per heavy atom. The van der Waals surface area contributed by atoms with Gasteiger partial charge in [0.15, 0.2) is 8.32 Å². The molecular formula is C16H33NOSi. The molecule has 0 unspecified atom stereocenters. The summed E-state index contributed by atoms with van der Waals surface area (Å²) in [6.07, 6.45) is 6.88. The van der Waals surface area contributed by atoms with Gasteiger partial charge in [0.2, 0.25) is 0 Å². The molecule has 0 N–H and O–H groups in total. The lowest BCUT2D eigenvalue weighted by Crippen LogP contribution is -2.47. The fourth-order valence-electron chi connectivity index (χ4n) is 3.64. The summed E-state index contributed by atoms with van der Waals surface area (Å²) in [6, 6.07) is 0.691. The number of fused-ring (bicyclic) bond motifs is 1. The molecule has 0 spiro atoms. The van der Waals surface area contributed by atoms with Crippen LogP contribution in [0.4, 0.5) is 0 Å². The monoisotopic (exact) mass is 283 g/mol. The van der Waals surface area contributed by atoms with E-state index in [0.717, 1.165) is 6.61 Å². The van der Waals surface area contributed by atoms with Crippen LogP contribution in [0.15, 0.2) is 0 Å². The van der Waals surface area contributed by atoms with E-state index in [9.17, 15) is 0 Å². The van der Waals surface area contributed by atoms with Gasteiger partial charge in [-0.25, -0.2) is 0 Å². The van der Waals surface area contributed by atoms with Gasteiger partial charge in [0.25, 0.3) is 0 Å². The van der Waals surface area contributed by atoms with E-state index < -0.39 is 8.32 Å². The van der Waals surface area contributed by atoms with Crippen molar-refractivity contribution in [3.05, 3.63) is 0 Å². The van der Waals surface area contributed by atoms with Crippen LogP contribution in [-0.4, -0.2) is 37.9 Å². The normalized spacial score (nSPS) is 32.8. The van der Waals surface area contributed by atoms with Crippen molar-refractivity contribution in [1.82, 2.24) is 4.90 Å². The highest BCUT2D eigenvalue weighted by atomic mass is 28.4. The van der Waals surface area contributed by atoms with Crippen LogP contribution in [0.2, 0.25) is 18.1 Å². The molecule has 2 heterocycles. The van der Waals surface area contributed by atoms with E-state index >= 15 is 0 Å². The van der Waals surface area contributed by atoms with E-state index in [4.69, 9.17) is 4.43 Å². The Hall–Kier alpha value is 0.137. The van der Waals surface area contributed by atoms with Gasteiger partial charge in [0, 0.05) is 18.2 Å². The van der Waals surface area contributed by atoms with Crippen LogP contribution in [0.3, 0.4) is 0 Å². The molecule has 0 aromatic carbocycles. The highest BCUT2D eigenvalue weighted by Gasteiger charge is 2.48. The minimum absolute atomic E-state index is 0.332. The molecule has 2 nitrogen and oxygen atoms in total. The summed E-state index contributed by atoms with van der Waals surface area (Å²) >= 11 is 0. The van der Waals surface area contributed by atoms with E-state index in [2.05, 4.69) is 45.7 Å². The zero-order valence-electron chi connectivity index (χ0n) is 13.9. The SMILES string of the molecule is CC[C@@]12CCCN1[C@H](CO[Si](C)(C)C(C)(C)C)CC2. The second-order valence-corrected chi connectivity index (χ2v) is 12.9. The third-order valence-corrected chi connectivity index (χ3v) is 10.6. The summed E-state index contributed by atoms with van der Waals surface area (Å²) in [5, 5.41) is 0.332. The lowest BCUT2D eigenvalue weighted by atomic mass is 9.91. The molecule has 0 aliphatic carbocycles. The van der Waals surface area contributed by atoms with Crippen molar-refractivity contribution in [3.63, 3.8) is 0 Å². The number of hydrogen-bond donors (Lipinski definition) is 0. The molecule has 0 bridgehead atoms. The molecule has 0 aromatic rings. The summed E-state index contributed by atoms with van der Waals surface area (Å²) in [5.74, 6) is 0. The second kappa shape index (κ2) is 5.16. The van der Waals surface area contributed by atoms with Crippen LogP contribution in [0.1, 0.15) is 59.8 Å². The van der Waals surface area contributed by atoms with Crippen molar-refractivity contribution < 1.29 is 4.43 Å². The summed E-state index contributed by atoms with van der Waals surface area (Å²) < 4.78 is 6.47. The van der Waals surface area contributed by atoms with Gasteiger partial charge >= 0.3 is 0 Å². The summed E-state index contributed by atoms with van der Waals surface area (Å²) in [4.78, 5) is 2.79. The predicted octanol–water partition coefficient (Wildman–Crippen LogP) is 4.42. The molecule has 112 valence electrons. The van der Waals surface area contributed by atoms with Gasteiger partial charge in [-0.15, -0.1) is 0 Å². The fraction of sp³-hybridized carbons (Fsp3) is 1.00. The first-order valence-corrected chi connectivity index (χ1v) is 11.0. The van der Waals surface area contributed by atoms with Crippen molar-refractivity contribution in [3.8, 4) is 0 Å². The Morgan fingerprint density at radius 1 is 1.26 bits per heavy atom. The van der Waals surface area contributed by atoms with Gasteiger partial charge in [-0.05, 0) is 56.8 Å². The molecule has 2 saturated heterocycles. The van der Waals surface area contributed by atoms with Crippen molar-refractivity contribution >= 4 is 8.32 Å². The minimum atomic E-state index is -1.58. The maximum absolute atomic E-state index is 6.47. The van der Waals surface area contributed by atoms with Gasteiger partial charge in [-0.2, -0.15) is 0 Å². The molecule has 2 aliphatic rings. The molecule has 0 saturated carbocycles. The van der Waals surface area contributed by atoms with Crippen LogP contribution in [0.5, 0.6) is 0 Å². The molecule has 2 fully saturated rings. The summed E-state index contributed by atoms with van der Waals surface area (Å²) in [5.41, 5.74) is 0.543. The van der Waals surface area contributed by atoms with Crippen LogP contribution >= 0.6 is 0 Å². The zero-order valence-corrected chi connectivity index (χ0v) is 14.9. The molecular weight excluding hydrogens is 250 g/mol. The molecule has 2 aliphatic heterocycles. The predicted molar refractivity (Wildman–Crippen MR) is 85.1 cm³/mol. The molecule has 3 heteroatoms. The smallest absolute Gasteiger partial charge is 0.192 e. The van der Waals surface area contributed by atoms with E-state index in [1.807, 2.05) is 0 Å². The van der Waals surface area contributed by atoms with Crippen LogP contribution < -0.4 is 0 Å². The molecule has 2 atom stereocenters. The maximum Gasteiger partial charge on any atom is 0.192 e. The van der Waals surface area contributed by atoms with Crippen molar-refractivity contribution in [2.45, 2.75) is 89.5 Å². The Morgan fingerprint density at radius 2 is 1.95 bits per heavy atom. The Balaban J connectivity index is 1.95. The average molecular weight is 284 g/mol. The highest BCUT2D eigenvalue weighted by Crippen LogP contribution is 2.45. The topological polar surface area (TPSA) is 12.5 Å². The van der Waals surface area contributed by atoms with Crippen LogP contribution in [0.25, 0.3) is 0 Å². The van der Waals surface area contributed by atoms with Crippen molar-refractivity contribution in [2.75, 3.05) is 13.2 Å². The molecule has 19 heavy (non-hydrogen) atoms. The lowest BCUT2D eigenvalue weighted by Gasteiger charge is -2.39.